The summed E-state index contributed by atoms with van der Waals surface area (Å²) in [6, 6.07) is 19.6. The molecule has 4 rings (SSSR count). The third kappa shape index (κ3) is 5.32. The standard InChI is InChI=1S/C27H26FN3O3/c1-31(2)16-18-6-10-21(11-7-18)29-26(19-5-3-4-17(14-19)8-13-24(32)33)25-22-12-9-20(28)15-23(22)30-27(25)34/h3-7,9-12,14-15,29H,8,13,16H2,1-2H3,(H,30,34)(H,32,33)/b26-25-. The van der Waals surface area contributed by atoms with Crippen LogP contribution in [0.4, 0.5) is 15.8 Å². The number of amides is 1. The molecule has 174 valence electrons. The van der Waals surface area contributed by atoms with Crippen LogP contribution in [0.25, 0.3) is 11.3 Å². The number of aliphatic carboxylic acids is 1. The Morgan fingerprint density at radius 1 is 1.03 bits per heavy atom. The Kier molecular flexibility index (Phi) is 6.75. The number of halogens is 1. The predicted molar refractivity (Wildman–Crippen MR) is 132 cm³/mol. The second-order valence-electron chi connectivity index (χ2n) is 8.55. The minimum Gasteiger partial charge on any atom is -0.481 e. The molecule has 0 aromatic heterocycles. The van der Waals surface area contributed by atoms with Crippen molar-refractivity contribution in [3.8, 4) is 0 Å². The molecule has 1 amide bonds. The number of hydrogen-bond donors (Lipinski definition) is 3. The van der Waals surface area contributed by atoms with Crippen molar-refractivity contribution in [2.75, 3.05) is 24.7 Å². The van der Waals surface area contributed by atoms with Gasteiger partial charge >= 0.3 is 5.97 Å². The fourth-order valence-corrected chi connectivity index (χ4v) is 4.01. The highest BCUT2D eigenvalue weighted by atomic mass is 19.1. The van der Waals surface area contributed by atoms with Gasteiger partial charge in [-0.15, -0.1) is 0 Å². The van der Waals surface area contributed by atoms with E-state index in [9.17, 15) is 14.0 Å². The van der Waals surface area contributed by atoms with Crippen LogP contribution >= 0.6 is 0 Å². The Balaban J connectivity index is 1.78. The van der Waals surface area contributed by atoms with Gasteiger partial charge in [-0.05, 0) is 73.6 Å². The average molecular weight is 460 g/mol. The van der Waals surface area contributed by atoms with Crippen molar-refractivity contribution in [1.82, 2.24) is 4.90 Å². The molecule has 1 heterocycles. The number of carbonyl (C=O) groups is 2. The molecular weight excluding hydrogens is 433 g/mol. The molecule has 3 N–H and O–H groups in total. The van der Waals surface area contributed by atoms with E-state index in [0.717, 1.165) is 28.9 Å². The van der Waals surface area contributed by atoms with Gasteiger partial charge in [0.2, 0.25) is 0 Å². The highest BCUT2D eigenvalue weighted by Gasteiger charge is 2.29. The molecule has 0 saturated carbocycles. The van der Waals surface area contributed by atoms with Crippen molar-refractivity contribution < 1.29 is 19.1 Å². The third-order valence-electron chi connectivity index (χ3n) is 5.54. The van der Waals surface area contributed by atoms with E-state index in [0.29, 0.717) is 28.9 Å². The molecule has 3 aromatic carbocycles. The van der Waals surface area contributed by atoms with Gasteiger partial charge in [0.15, 0.2) is 0 Å². The van der Waals surface area contributed by atoms with Crippen molar-refractivity contribution in [3.63, 3.8) is 0 Å². The van der Waals surface area contributed by atoms with Gasteiger partial charge < -0.3 is 20.6 Å². The normalized spacial score (nSPS) is 14.1. The van der Waals surface area contributed by atoms with E-state index >= 15 is 0 Å². The molecule has 0 spiro atoms. The number of fused-ring (bicyclic) bond motifs is 1. The number of anilines is 2. The first-order chi connectivity index (χ1) is 16.3. The minimum atomic E-state index is -0.869. The number of nitrogens with one attached hydrogen (secondary N) is 2. The second kappa shape index (κ2) is 9.89. The molecule has 0 unspecified atom stereocenters. The summed E-state index contributed by atoms with van der Waals surface area (Å²) in [6.45, 7) is 0.807. The zero-order valence-corrected chi connectivity index (χ0v) is 19.1. The number of carboxylic acid groups (broad SMARTS) is 1. The molecule has 0 fully saturated rings. The van der Waals surface area contributed by atoms with Gasteiger partial charge in [-0.1, -0.05) is 30.3 Å². The molecule has 0 bridgehead atoms. The summed E-state index contributed by atoms with van der Waals surface area (Å²) in [5.41, 5.74) is 5.53. The van der Waals surface area contributed by atoms with Crippen LogP contribution in [-0.4, -0.2) is 36.0 Å². The third-order valence-corrected chi connectivity index (χ3v) is 5.54. The quantitative estimate of drug-likeness (QED) is 0.420. The maximum atomic E-state index is 13.8. The molecule has 3 aromatic rings. The molecular formula is C27H26FN3O3. The second-order valence-corrected chi connectivity index (χ2v) is 8.55. The Bertz CT molecular complexity index is 1270. The number of rotatable bonds is 8. The Morgan fingerprint density at radius 3 is 2.50 bits per heavy atom. The van der Waals surface area contributed by atoms with Crippen molar-refractivity contribution in [2.24, 2.45) is 0 Å². The lowest BCUT2D eigenvalue weighted by molar-refractivity contribution is -0.137. The van der Waals surface area contributed by atoms with Crippen LogP contribution in [-0.2, 0) is 22.6 Å². The van der Waals surface area contributed by atoms with E-state index in [1.807, 2.05) is 62.6 Å². The maximum Gasteiger partial charge on any atom is 0.303 e. The van der Waals surface area contributed by atoms with Crippen molar-refractivity contribution >= 4 is 34.5 Å². The van der Waals surface area contributed by atoms with Crippen LogP contribution in [0.1, 0.15) is 28.7 Å². The summed E-state index contributed by atoms with van der Waals surface area (Å²) in [4.78, 5) is 26.1. The first-order valence-electron chi connectivity index (χ1n) is 11.0. The van der Waals surface area contributed by atoms with E-state index in [-0.39, 0.29) is 12.3 Å². The highest BCUT2D eigenvalue weighted by molar-refractivity contribution is 6.37. The molecule has 1 aliphatic heterocycles. The molecule has 6 nitrogen and oxygen atoms in total. The summed E-state index contributed by atoms with van der Waals surface area (Å²) in [5, 5.41) is 15.2. The lowest BCUT2D eigenvalue weighted by Crippen LogP contribution is -2.11. The van der Waals surface area contributed by atoms with Gasteiger partial charge in [-0.3, -0.25) is 9.59 Å². The van der Waals surface area contributed by atoms with Crippen molar-refractivity contribution in [1.29, 1.82) is 0 Å². The van der Waals surface area contributed by atoms with E-state index in [1.165, 1.54) is 12.1 Å². The minimum absolute atomic E-state index is 0.0126. The van der Waals surface area contributed by atoms with Crippen LogP contribution in [0.15, 0.2) is 66.7 Å². The number of carbonyl (C=O) groups excluding carboxylic acids is 1. The number of aryl methyl sites for hydroxylation is 1. The number of carboxylic acids is 1. The van der Waals surface area contributed by atoms with Gasteiger partial charge in [0.1, 0.15) is 5.82 Å². The van der Waals surface area contributed by atoms with Crippen molar-refractivity contribution in [3.05, 3.63) is 94.8 Å². The van der Waals surface area contributed by atoms with Gasteiger partial charge in [-0.2, -0.15) is 0 Å². The maximum absolute atomic E-state index is 13.8. The smallest absolute Gasteiger partial charge is 0.303 e. The van der Waals surface area contributed by atoms with Gasteiger partial charge in [0.05, 0.1) is 17.0 Å². The van der Waals surface area contributed by atoms with Crippen molar-refractivity contribution in [2.45, 2.75) is 19.4 Å². The van der Waals surface area contributed by atoms with Gasteiger partial charge in [0, 0.05) is 24.2 Å². The Morgan fingerprint density at radius 2 is 1.79 bits per heavy atom. The molecule has 0 radical (unpaired) electrons. The van der Waals surface area contributed by atoms with Gasteiger partial charge in [0.25, 0.3) is 5.91 Å². The summed E-state index contributed by atoms with van der Waals surface area (Å²) in [6.07, 6.45) is 0.387. The molecule has 34 heavy (non-hydrogen) atoms. The molecule has 7 heteroatoms. The van der Waals surface area contributed by atoms with Crippen LogP contribution in [0.2, 0.25) is 0 Å². The predicted octanol–water partition coefficient (Wildman–Crippen LogP) is 4.84. The fourth-order valence-electron chi connectivity index (χ4n) is 4.01. The number of nitrogens with zero attached hydrogens (tertiary/aromatic N) is 1. The number of hydrogen-bond acceptors (Lipinski definition) is 4. The van der Waals surface area contributed by atoms with E-state index < -0.39 is 11.8 Å². The topological polar surface area (TPSA) is 81.7 Å². The lowest BCUT2D eigenvalue weighted by Gasteiger charge is -2.16. The fraction of sp³-hybridized carbons (Fsp3) is 0.185. The summed E-state index contributed by atoms with van der Waals surface area (Å²) in [5.74, 6) is -1.63. The highest BCUT2D eigenvalue weighted by Crippen LogP contribution is 2.38. The Labute approximate surface area is 197 Å². The lowest BCUT2D eigenvalue weighted by atomic mass is 9.97. The molecule has 1 aliphatic rings. The average Bonchev–Trinajstić information content (AvgIpc) is 3.11. The SMILES string of the molecule is CN(C)Cc1ccc(N/C(=C2\C(=O)Nc3cc(F)ccc32)c2cccc(CCC(=O)O)c2)cc1. The molecule has 0 atom stereocenters. The summed E-state index contributed by atoms with van der Waals surface area (Å²) in [7, 11) is 4.01. The largest absolute Gasteiger partial charge is 0.481 e. The zero-order chi connectivity index (χ0) is 24.2. The zero-order valence-electron chi connectivity index (χ0n) is 19.1. The summed E-state index contributed by atoms with van der Waals surface area (Å²) < 4.78 is 13.8. The summed E-state index contributed by atoms with van der Waals surface area (Å²) >= 11 is 0. The first kappa shape index (κ1) is 23.2. The van der Waals surface area contributed by atoms with E-state index in [1.54, 1.807) is 6.07 Å². The van der Waals surface area contributed by atoms with Crippen LogP contribution in [0.5, 0.6) is 0 Å². The van der Waals surface area contributed by atoms with Gasteiger partial charge in [-0.25, -0.2) is 4.39 Å². The number of benzene rings is 3. The Hall–Kier alpha value is -3.97. The van der Waals surface area contributed by atoms with E-state index in [2.05, 4.69) is 15.5 Å². The van der Waals surface area contributed by atoms with Crippen LogP contribution in [0.3, 0.4) is 0 Å². The molecule has 0 saturated heterocycles. The first-order valence-corrected chi connectivity index (χ1v) is 11.0. The monoisotopic (exact) mass is 459 g/mol. The van der Waals surface area contributed by atoms with Crippen LogP contribution < -0.4 is 10.6 Å². The van der Waals surface area contributed by atoms with Crippen LogP contribution in [0, 0.1) is 5.82 Å². The van der Waals surface area contributed by atoms with E-state index in [4.69, 9.17) is 5.11 Å². The molecule has 0 aliphatic carbocycles.